The Hall–Kier alpha value is -3.44. The summed E-state index contributed by atoms with van der Waals surface area (Å²) in [5.41, 5.74) is 5.86. The largest absolute Gasteiger partial charge is 0.338 e. The van der Waals surface area contributed by atoms with Gasteiger partial charge in [-0.15, -0.1) is 0 Å². The number of piperidine rings is 1. The number of rotatable bonds is 6. The molecule has 0 spiro atoms. The number of non-ortho nitro benzene ring substituents is 1. The molecule has 0 N–H and O–H groups in total. The van der Waals surface area contributed by atoms with Crippen LogP contribution in [0.4, 0.5) is 5.69 Å². The van der Waals surface area contributed by atoms with Crippen molar-refractivity contribution in [3.63, 3.8) is 0 Å². The zero-order chi connectivity index (χ0) is 21.9. The van der Waals surface area contributed by atoms with Gasteiger partial charge in [0.15, 0.2) is 0 Å². The van der Waals surface area contributed by atoms with Crippen LogP contribution in [-0.2, 0) is 13.1 Å². The number of nitrogens with zero attached hydrogens (tertiary/aromatic N) is 3. The van der Waals surface area contributed by atoms with E-state index in [1.165, 1.54) is 30.5 Å². The maximum atomic E-state index is 11.6. The lowest BCUT2D eigenvalue weighted by molar-refractivity contribution is -0.384. The molecule has 0 radical (unpaired) electrons. The minimum absolute atomic E-state index is 0.135. The smallest absolute Gasteiger partial charge is 0.270 e. The SMILES string of the molecule is O=[N+]([O-])c1ccc2c(c1)c(-c1ccccc1)c(CN1CCCCC1)n2Cc1ccccc1. The van der Waals surface area contributed by atoms with Crippen molar-refractivity contribution in [2.45, 2.75) is 32.4 Å². The first-order valence-electron chi connectivity index (χ1n) is 11.3. The Kier molecular flexibility index (Phi) is 5.73. The van der Waals surface area contributed by atoms with Crippen molar-refractivity contribution in [3.05, 3.63) is 100 Å². The highest BCUT2D eigenvalue weighted by Crippen LogP contribution is 2.38. The van der Waals surface area contributed by atoms with Crippen LogP contribution in [0.1, 0.15) is 30.5 Å². The van der Waals surface area contributed by atoms with Crippen LogP contribution in [0.3, 0.4) is 0 Å². The van der Waals surface area contributed by atoms with E-state index < -0.39 is 0 Å². The predicted molar refractivity (Wildman–Crippen MR) is 129 cm³/mol. The summed E-state index contributed by atoms with van der Waals surface area (Å²) in [6.45, 7) is 3.78. The Morgan fingerprint density at radius 1 is 0.812 bits per heavy atom. The van der Waals surface area contributed by atoms with E-state index in [4.69, 9.17) is 0 Å². The molecule has 0 amide bonds. The summed E-state index contributed by atoms with van der Waals surface area (Å²) in [5, 5.41) is 12.5. The predicted octanol–water partition coefficient (Wildman–Crippen LogP) is 6.25. The molecular weight excluding hydrogens is 398 g/mol. The summed E-state index contributed by atoms with van der Waals surface area (Å²) in [5.74, 6) is 0. The summed E-state index contributed by atoms with van der Waals surface area (Å²) in [6.07, 6.45) is 3.75. The minimum atomic E-state index is -0.299. The highest BCUT2D eigenvalue weighted by atomic mass is 16.6. The Balaban J connectivity index is 1.74. The summed E-state index contributed by atoms with van der Waals surface area (Å²) < 4.78 is 2.37. The number of hydrogen-bond donors (Lipinski definition) is 0. The second-order valence-electron chi connectivity index (χ2n) is 8.55. The van der Waals surface area contributed by atoms with Gasteiger partial charge in [0, 0.05) is 47.4 Å². The van der Waals surface area contributed by atoms with E-state index in [0.717, 1.165) is 48.2 Å². The third-order valence-corrected chi connectivity index (χ3v) is 6.43. The van der Waals surface area contributed by atoms with E-state index >= 15 is 0 Å². The third-order valence-electron chi connectivity index (χ3n) is 6.43. The van der Waals surface area contributed by atoms with Crippen LogP contribution in [0.25, 0.3) is 22.0 Å². The van der Waals surface area contributed by atoms with Crippen LogP contribution >= 0.6 is 0 Å². The second-order valence-corrected chi connectivity index (χ2v) is 8.55. The van der Waals surface area contributed by atoms with E-state index in [2.05, 4.69) is 45.9 Å². The quantitative estimate of drug-likeness (QED) is 0.271. The zero-order valence-electron chi connectivity index (χ0n) is 18.1. The van der Waals surface area contributed by atoms with Gasteiger partial charge >= 0.3 is 0 Å². The van der Waals surface area contributed by atoms with Gasteiger partial charge in [0.1, 0.15) is 0 Å². The topological polar surface area (TPSA) is 51.3 Å². The first-order valence-corrected chi connectivity index (χ1v) is 11.3. The molecule has 32 heavy (non-hydrogen) atoms. The third kappa shape index (κ3) is 4.04. The molecule has 1 fully saturated rings. The Bertz CT molecular complexity index is 1230. The fourth-order valence-corrected chi connectivity index (χ4v) is 4.88. The van der Waals surface area contributed by atoms with E-state index in [0.29, 0.717) is 0 Å². The fourth-order valence-electron chi connectivity index (χ4n) is 4.88. The zero-order valence-corrected chi connectivity index (χ0v) is 18.1. The first kappa shape index (κ1) is 20.5. The van der Waals surface area contributed by atoms with Crippen LogP contribution in [0.2, 0.25) is 0 Å². The van der Waals surface area contributed by atoms with Crippen molar-refractivity contribution < 1.29 is 4.92 Å². The Morgan fingerprint density at radius 3 is 2.19 bits per heavy atom. The molecule has 0 atom stereocenters. The lowest BCUT2D eigenvalue weighted by Gasteiger charge is -2.27. The molecule has 5 nitrogen and oxygen atoms in total. The van der Waals surface area contributed by atoms with E-state index in [1.807, 2.05) is 30.3 Å². The van der Waals surface area contributed by atoms with Gasteiger partial charge in [-0.3, -0.25) is 15.0 Å². The van der Waals surface area contributed by atoms with Crippen molar-refractivity contribution in [2.24, 2.45) is 0 Å². The second kappa shape index (κ2) is 8.97. The normalized spacial score (nSPS) is 14.6. The number of hydrogen-bond acceptors (Lipinski definition) is 3. The standard InChI is InChI=1S/C27H27N3O2/c31-30(32)23-14-15-25-24(18-23)27(22-12-6-2-7-13-22)26(20-28-16-8-3-9-17-28)29(25)19-21-10-4-1-5-11-21/h1-2,4-7,10-15,18H,3,8-9,16-17,19-20H2. The molecule has 3 aromatic carbocycles. The molecule has 162 valence electrons. The molecule has 0 bridgehead atoms. The van der Waals surface area contributed by atoms with E-state index in [9.17, 15) is 10.1 Å². The molecule has 1 saturated heterocycles. The molecule has 5 rings (SSSR count). The maximum absolute atomic E-state index is 11.6. The number of likely N-dealkylation sites (tertiary alicyclic amines) is 1. The number of aromatic nitrogens is 1. The van der Waals surface area contributed by atoms with Gasteiger partial charge in [0.05, 0.1) is 4.92 Å². The first-order chi connectivity index (χ1) is 15.7. The molecule has 1 aliphatic rings. The lowest BCUT2D eigenvalue weighted by atomic mass is 10.0. The van der Waals surface area contributed by atoms with Gasteiger partial charge in [-0.2, -0.15) is 0 Å². The Morgan fingerprint density at radius 2 is 1.50 bits per heavy atom. The monoisotopic (exact) mass is 425 g/mol. The van der Waals surface area contributed by atoms with Crippen molar-refractivity contribution in [2.75, 3.05) is 13.1 Å². The van der Waals surface area contributed by atoms with Crippen molar-refractivity contribution in [3.8, 4) is 11.1 Å². The van der Waals surface area contributed by atoms with Gasteiger partial charge in [0.25, 0.3) is 5.69 Å². The Labute approximate surface area is 188 Å². The minimum Gasteiger partial charge on any atom is -0.338 e. The molecule has 4 aromatic rings. The average molecular weight is 426 g/mol. The van der Waals surface area contributed by atoms with Gasteiger partial charge in [-0.05, 0) is 43.1 Å². The highest BCUT2D eigenvalue weighted by Gasteiger charge is 2.23. The van der Waals surface area contributed by atoms with Crippen LogP contribution < -0.4 is 0 Å². The average Bonchev–Trinajstić information content (AvgIpc) is 3.13. The van der Waals surface area contributed by atoms with Gasteiger partial charge < -0.3 is 4.57 Å². The van der Waals surface area contributed by atoms with Crippen LogP contribution in [0, 0.1) is 10.1 Å². The van der Waals surface area contributed by atoms with Gasteiger partial charge in [0.2, 0.25) is 0 Å². The highest BCUT2D eigenvalue weighted by molar-refractivity contribution is 5.99. The molecule has 1 aliphatic heterocycles. The molecule has 0 aliphatic carbocycles. The molecular formula is C27H27N3O2. The number of fused-ring (bicyclic) bond motifs is 1. The van der Waals surface area contributed by atoms with E-state index in [1.54, 1.807) is 12.1 Å². The van der Waals surface area contributed by atoms with Crippen LogP contribution in [0.5, 0.6) is 0 Å². The van der Waals surface area contributed by atoms with Crippen molar-refractivity contribution >= 4 is 16.6 Å². The lowest BCUT2D eigenvalue weighted by Crippen LogP contribution is -2.30. The van der Waals surface area contributed by atoms with Crippen LogP contribution in [0.15, 0.2) is 78.9 Å². The number of nitro benzene ring substituents is 1. The molecule has 0 unspecified atom stereocenters. The molecule has 2 heterocycles. The number of nitro groups is 1. The number of benzene rings is 3. The molecule has 0 saturated carbocycles. The summed E-state index contributed by atoms with van der Waals surface area (Å²) in [4.78, 5) is 13.8. The fraction of sp³-hybridized carbons (Fsp3) is 0.259. The summed E-state index contributed by atoms with van der Waals surface area (Å²) >= 11 is 0. The van der Waals surface area contributed by atoms with Crippen molar-refractivity contribution in [1.29, 1.82) is 0 Å². The molecule has 1 aromatic heterocycles. The van der Waals surface area contributed by atoms with E-state index in [-0.39, 0.29) is 10.6 Å². The maximum Gasteiger partial charge on any atom is 0.270 e. The van der Waals surface area contributed by atoms with Crippen molar-refractivity contribution in [1.82, 2.24) is 9.47 Å². The summed E-state index contributed by atoms with van der Waals surface area (Å²) in [6, 6.07) is 26.1. The van der Waals surface area contributed by atoms with Crippen LogP contribution in [-0.4, -0.2) is 27.5 Å². The summed E-state index contributed by atoms with van der Waals surface area (Å²) in [7, 11) is 0. The van der Waals surface area contributed by atoms with Gasteiger partial charge in [-0.25, -0.2) is 0 Å². The van der Waals surface area contributed by atoms with Gasteiger partial charge in [-0.1, -0.05) is 67.1 Å². The molecule has 5 heteroatoms.